The number of carbonyl (C=O) groups is 1. The molecule has 2 aromatic rings. The van der Waals surface area contributed by atoms with E-state index in [1.165, 1.54) is 6.07 Å². The highest BCUT2D eigenvalue weighted by atomic mass is 19.4. The largest absolute Gasteiger partial charge is 0.419 e. The lowest BCUT2D eigenvalue weighted by atomic mass is 9.99. The molecule has 0 aliphatic carbocycles. The van der Waals surface area contributed by atoms with Gasteiger partial charge in [-0.3, -0.25) is 4.79 Å². The number of carbonyl (C=O) groups excluding carboxylic acids is 1. The molecule has 5 heteroatoms. The Hall–Kier alpha value is -2.17. The van der Waals surface area contributed by atoms with E-state index in [1.54, 1.807) is 18.2 Å². The van der Waals surface area contributed by atoms with Crippen LogP contribution in [0.5, 0.6) is 0 Å². The summed E-state index contributed by atoms with van der Waals surface area (Å²) in [5, 5.41) is 0. The van der Waals surface area contributed by atoms with Crippen LogP contribution in [-0.4, -0.2) is 6.29 Å². The molecule has 0 N–H and O–H groups in total. The summed E-state index contributed by atoms with van der Waals surface area (Å²) in [6.45, 7) is 0. The minimum absolute atomic E-state index is 0.230. The van der Waals surface area contributed by atoms with Crippen LogP contribution in [0.1, 0.15) is 15.9 Å². The molecule has 0 unspecified atom stereocenters. The van der Waals surface area contributed by atoms with Gasteiger partial charge in [0, 0.05) is 5.56 Å². The molecule has 0 saturated heterocycles. The second-order valence-electron chi connectivity index (χ2n) is 3.90. The summed E-state index contributed by atoms with van der Waals surface area (Å²) < 4.78 is 50.8. The third kappa shape index (κ3) is 2.65. The van der Waals surface area contributed by atoms with Gasteiger partial charge in [-0.15, -0.1) is 0 Å². The average molecular weight is 268 g/mol. The normalized spacial score (nSPS) is 11.4. The molecule has 0 aromatic heterocycles. The van der Waals surface area contributed by atoms with Crippen molar-refractivity contribution in [2.24, 2.45) is 0 Å². The van der Waals surface area contributed by atoms with E-state index in [0.29, 0.717) is 23.5 Å². The van der Waals surface area contributed by atoms with Crippen molar-refractivity contribution in [1.29, 1.82) is 0 Å². The molecule has 0 aliphatic rings. The van der Waals surface area contributed by atoms with E-state index >= 15 is 0 Å². The van der Waals surface area contributed by atoms with Crippen LogP contribution in [0.25, 0.3) is 11.1 Å². The van der Waals surface area contributed by atoms with Crippen molar-refractivity contribution >= 4 is 6.29 Å². The van der Waals surface area contributed by atoms with E-state index in [4.69, 9.17) is 0 Å². The molecule has 98 valence electrons. The van der Waals surface area contributed by atoms with Crippen molar-refractivity contribution in [2.75, 3.05) is 0 Å². The summed E-state index contributed by atoms with van der Waals surface area (Å²) in [6, 6.07) is 8.90. The van der Waals surface area contributed by atoms with Crippen LogP contribution in [-0.2, 0) is 6.18 Å². The number of aldehydes is 1. The highest BCUT2D eigenvalue weighted by molar-refractivity contribution is 5.87. The third-order valence-electron chi connectivity index (χ3n) is 2.67. The molecule has 0 radical (unpaired) electrons. The molecule has 1 nitrogen and oxygen atoms in total. The van der Waals surface area contributed by atoms with Crippen LogP contribution in [0, 0.1) is 5.82 Å². The first-order valence-electron chi connectivity index (χ1n) is 5.35. The number of benzene rings is 2. The van der Waals surface area contributed by atoms with E-state index in [-0.39, 0.29) is 5.56 Å². The van der Waals surface area contributed by atoms with Crippen molar-refractivity contribution in [2.45, 2.75) is 6.18 Å². The molecule has 0 fully saturated rings. The van der Waals surface area contributed by atoms with Gasteiger partial charge in [0.1, 0.15) is 5.82 Å². The lowest BCUT2D eigenvalue weighted by Gasteiger charge is -2.10. The van der Waals surface area contributed by atoms with Crippen molar-refractivity contribution in [3.63, 3.8) is 0 Å². The van der Waals surface area contributed by atoms with Gasteiger partial charge in [0.15, 0.2) is 6.29 Å². The van der Waals surface area contributed by atoms with Gasteiger partial charge < -0.3 is 0 Å². The molecule has 2 rings (SSSR count). The van der Waals surface area contributed by atoms with Crippen molar-refractivity contribution < 1.29 is 22.4 Å². The van der Waals surface area contributed by atoms with Gasteiger partial charge in [-0.25, -0.2) is 4.39 Å². The fraction of sp³-hybridized carbons (Fsp3) is 0.0714. The molecule has 19 heavy (non-hydrogen) atoms. The maximum absolute atomic E-state index is 13.5. The Kier molecular flexibility index (Phi) is 3.38. The van der Waals surface area contributed by atoms with Gasteiger partial charge in [0.25, 0.3) is 0 Å². The predicted octanol–water partition coefficient (Wildman–Crippen LogP) is 4.32. The molecular weight excluding hydrogens is 260 g/mol. The summed E-state index contributed by atoms with van der Waals surface area (Å²) in [5.74, 6) is -1.36. The van der Waals surface area contributed by atoms with E-state index < -0.39 is 17.6 Å². The molecule has 0 amide bonds. The first-order chi connectivity index (χ1) is 8.93. The molecule has 0 spiro atoms. The summed E-state index contributed by atoms with van der Waals surface area (Å²) >= 11 is 0. The van der Waals surface area contributed by atoms with Crippen molar-refractivity contribution in [1.82, 2.24) is 0 Å². The van der Waals surface area contributed by atoms with Crippen LogP contribution in [0.3, 0.4) is 0 Å². The van der Waals surface area contributed by atoms with Gasteiger partial charge in [0.2, 0.25) is 0 Å². The molecule has 0 saturated carbocycles. The van der Waals surface area contributed by atoms with E-state index in [0.717, 1.165) is 12.1 Å². The summed E-state index contributed by atoms with van der Waals surface area (Å²) in [6.07, 6.45) is -4.16. The number of hydrogen-bond donors (Lipinski definition) is 0. The Labute approximate surface area is 106 Å². The third-order valence-corrected chi connectivity index (χ3v) is 2.67. The van der Waals surface area contributed by atoms with Crippen molar-refractivity contribution in [3.8, 4) is 11.1 Å². The monoisotopic (exact) mass is 268 g/mol. The summed E-state index contributed by atoms with van der Waals surface area (Å²) in [5.41, 5.74) is -0.403. The molecule has 0 aliphatic heterocycles. The number of halogens is 4. The van der Waals surface area contributed by atoms with E-state index in [9.17, 15) is 22.4 Å². The lowest BCUT2D eigenvalue weighted by molar-refractivity contribution is -0.139. The average Bonchev–Trinajstić information content (AvgIpc) is 2.37. The van der Waals surface area contributed by atoms with Crippen LogP contribution in [0.4, 0.5) is 17.6 Å². The Balaban J connectivity index is 2.54. The lowest BCUT2D eigenvalue weighted by Crippen LogP contribution is -2.07. The van der Waals surface area contributed by atoms with Crippen LogP contribution >= 0.6 is 0 Å². The first-order valence-corrected chi connectivity index (χ1v) is 5.35. The van der Waals surface area contributed by atoms with Gasteiger partial charge in [0.05, 0.1) is 5.56 Å². The zero-order valence-corrected chi connectivity index (χ0v) is 9.54. The van der Waals surface area contributed by atoms with Crippen LogP contribution < -0.4 is 0 Å². The second kappa shape index (κ2) is 4.84. The molecular formula is C14H8F4O. The maximum atomic E-state index is 13.5. The molecule has 0 bridgehead atoms. The van der Waals surface area contributed by atoms with Gasteiger partial charge in [-0.1, -0.05) is 30.3 Å². The minimum Gasteiger partial charge on any atom is -0.298 e. The second-order valence-corrected chi connectivity index (χ2v) is 3.90. The predicted molar refractivity (Wildman–Crippen MR) is 62.2 cm³/mol. The number of alkyl halides is 3. The molecule has 0 heterocycles. The first kappa shape index (κ1) is 13.3. The molecule has 0 atom stereocenters. The zero-order chi connectivity index (χ0) is 14.0. The Morgan fingerprint density at radius 3 is 2.26 bits per heavy atom. The van der Waals surface area contributed by atoms with Crippen LogP contribution in [0.2, 0.25) is 0 Å². The maximum Gasteiger partial charge on any atom is 0.419 e. The standard InChI is InChI=1S/C14H8F4O/c15-13-7-9(5-6-12(13)14(16,17)18)11-4-2-1-3-10(11)8-19/h1-8H. The SMILES string of the molecule is O=Cc1ccccc1-c1ccc(C(F)(F)F)c(F)c1. The smallest absolute Gasteiger partial charge is 0.298 e. The topological polar surface area (TPSA) is 17.1 Å². The molecule has 2 aromatic carbocycles. The minimum atomic E-state index is -4.73. The quantitative estimate of drug-likeness (QED) is 0.585. The van der Waals surface area contributed by atoms with Crippen molar-refractivity contribution in [3.05, 3.63) is 59.4 Å². The van der Waals surface area contributed by atoms with Gasteiger partial charge >= 0.3 is 6.18 Å². The Morgan fingerprint density at radius 2 is 1.68 bits per heavy atom. The van der Waals surface area contributed by atoms with Gasteiger partial charge in [-0.05, 0) is 23.3 Å². The number of rotatable bonds is 2. The van der Waals surface area contributed by atoms with Crippen LogP contribution in [0.15, 0.2) is 42.5 Å². The fourth-order valence-electron chi connectivity index (χ4n) is 1.78. The van der Waals surface area contributed by atoms with Gasteiger partial charge in [-0.2, -0.15) is 13.2 Å². The Bertz CT molecular complexity index is 617. The fourth-order valence-corrected chi connectivity index (χ4v) is 1.78. The van der Waals surface area contributed by atoms with E-state index in [2.05, 4.69) is 0 Å². The highest BCUT2D eigenvalue weighted by Crippen LogP contribution is 2.33. The zero-order valence-electron chi connectivity index (χ0n) is 9.54. The number of hydrogen-bond acceptors (Lipinski definition) is 1. The Morgan fingerprint density at radius 1 is 1.00 bits per heavy atom. The summed E-state index contributed by atoms with van der Waals surface area (Å²) in [4.78, 5) is 10.8. The van der Waals surface area contributed by atoms with E-state index in [1.807, 2.05) is 0 Å². The summed E-state index contributed by atoms with van der Waals surface area (Å²) in [7, 11) is 0. The highest BCUT2D eigenvalue weighted by Gasteiger charge is 2.33.